The molecule has 0 atom stereocenters. The molecule has 0 aliphatic heterocycles. The molecule has 8 heteroatoms. The van der Waals surface area contributed by atoms with E-state index in [2.05, 4.69) is 26.3 Å². The van der Waals surface area contributed by atoms with Gasteiger partial charge in [0.2, 0.25) is 0 Å². The van der Waals surface area contributed by atoms with Gasteiger partial charge >= 0.3 is 5.97 Å². The molecule has 2 N–H and O–H groups in total. The third-order valence-corrected chi connectivity index (χ3v) is 4.48. The monoisotopic (exact) mass is 441 g/mol. The molecule has 0 fully saturated rings. The minimum Gasteiger partial charge on any atom is -0.480 e. The Kier molecular flexibility index (Phi) is 5.70. The summed E-state index contributed by atoms with van der Waals surface area (Å²) >= 11 is 3.34. The van der Waals surface area contributed by atoms with Gasteiger partial charge in [0.15, 0.2) is 5.78 Å². The maximum atomic E-state index is 12.9. The number of hydrogen-bond donors (Lipinski definition) is 2. The summed E-state index contributed by atoms with van der Waals surface area (Å²) in [6.07, 6.45) is 0. The number of carboxylic acids is 1. The predicted molar refractivity (Wildman–Crippen MR) is 109 cm³/mol. The number of nitrogens with zero attached hydrogens (tertiary/aromatic N) is 2. The Labute approximate surface area is 168 Å². The van der Waals surface area contributed by atoms with Crippen LogP contribution in [0.2, 0.25) is 0 Å². The minimum atomic E-state index is -1.21. The summed E-state index contributed by atoms with van der Waals surface area (Å²) in [4.78, 5) is 36.5. The van der Waals surface area contributed by atoms with E-state index in [4.69, 9.17) is 5.11 Å². The second kappa shape index (κ2) is 8.18. The fourth-order valence-corrected chi connectivity index (χ4v) is 3.00. The summed E-state index contributed by atoms with van der Waals surface area (Å²) in [5, 5.41) is 16.3. The van der Waals surface area contributed by atoms with E-state index in [1.165, 1.54) is 6.92 Å². The molecule has 0 aliphatic carbocycles. The molecular weight excluding hydrogens is 426 g/mol. The van der Waals surface area contributed by atoms with E-state index in [0.717, 1.165) is 9.15 Å². The molecule has 0 amide bonds. The molecule has 0 unspecified atom stereocenters. The van der Waals surface area contributed by atoms with Crippen LogP contribution in [0, 0.1) is 0 Å². The Balaban J connectivity index is 2.27. The third kappa shape index (κ3) is 4.17. The van der Waals surface area contributed by atoms with E-state index in [1.807, 2.05) is 6.07 Å². The number of ketones is 1. The van der Waals surface area contributed by atoms with Gasteiger partial charge < -0.3 is 10.4 Å². The fraction of sp³-hybridized carbons (Fsp3) is 0.100. The Bertz CT molecular complexity index is 1090. The standard InChI is InChI=1S/C20H16BrN3O4/c1-12(25)17-18(13-5-3-2-4-6-13)23-24(11-16(26)27)20(28)19(17)22-15-9-7-14(21)8-10-15/h2-10,22H,11H2,1H3,(H,26,27). The zero-order valence-corrected chi connectivity index (χ0v) is 16.4. The van der Waals surface area contributed by atoms with Crippen LogP contribution in [-0.4, -0.2) is 26.6 Å². The van der Waals surface area contributed by atoms with Crippen LogP contribution in [0.4, 0.5) is 11.4 Å². The maximum Gasteiger partial charge on any atom is 0.325 e. The molecule has 0 bridgehead atoms. The highest BCUT2D eigenvalue weighted by Gasteiger charge is 2.23. The van der Waals surface area contributed by atoms with Crippen LogP contribution >= 0.6 is 15.9 Å². The highest BCUT2D eigenvalue weighted by atomic mass is 79.9. The van der Waals surface area contributed by atoms with Gasteiger partial charge in [0, 0.05) is 15.7 Å². The molecule has 1 heterocycles. The van der Waals surface area contributed by atoms with Crippen LogP contribution in [0.5, 0.6) is 0 Å². The molecule has 0 aliphatic rings. The van der Waals surface area contributed by atoms with E-state index >= 15 is 0 Å². The van der Waals surface area contributed by atoms with Crippen LogP contribution in [0.15, 0.2) is 63.9 Å². The molecule has 0 saturated heterocycles. The molecule has 0 spiro atoms. The minimum absolute atomic E-state index is 0.00933. The number of carbonyl (C=O) groups excluding carboxylic acids is 1. The fourth-order valence-electron chi connectivity index (χ4n) is 2.74. The third-order valence-electron chi connectivity index (χ3n) is 3.95. The van der Waals surface area contributed by atoms with Crippen molar-refractivity contribution in [2.75, 3.05) is 5.32 Å². The Hall–Kier alpha value is -3.26. The summed E-state index contributed by atoms with van der Waals surface area (Å²) in [6.45, 7) is 0.725. The van der Waals surface area contributed by atoms with Crippen molar-refractivity contribution in [1.29, 1.82) is 0 Å². The molecule has 2 aromatic carbocycles. The molecule has 0 radical (unpaired) electrons. The zero-order chi connectivity index (χ0) is 20.3. The quantitative estimate of drug-likeness (QED) is 0.565. The summed E-state index contributed by atoms with van der Waals surface area (Å²) in [7, 11) is 0. The molecule has 3 aromatic rings. The number of halogens is 1. The molecule has 7 nitrogen and oxygen atoms in total. The number of anilines is 2. The lowest BCUT2D eigenvalue weighted by Gasteiger charge is -2.16. The largest absolute Gasteiger partial charge is 0.480 e. The van der Waals surface area contributed by atoms with Crippen LogP contribution in [-0.2, 0) is 11.3 Å². The van der Waals surface area contributed by atoms with Gasteiger partial charge in [-0.3, -0.25) is 14.4 Å². The van der Waals surface area contributed by atoms with Crippen molar-refractivity contribution in [2.45, 2.75) is 13.5 Å². The Morgan fingerprint density at radius 1 is 1.11 bits per heavy atom. The smallest absolute Gasteiger partial charge is 0.325 e. The maximum absolute atomic E-state index is 12.9. The average molecular weight is 442 g/mol. The van der Waals surface area contributed by atoms with Crippen molar-refractivity contribution in [2.24, 2.45) is 0 Å². The topological polar surface area (TPSA) is 101 Å². The van der Waals surface area contributed by atoms with E-state index < -0.39 is 18.1 Å². The first-order valence-electron chi connectivity index (χ1n) is 8.32. The van der Waals surface area contributed by atoms with Crippen LogP contribution in [0.1, 0.15) is 17.3 Å². The van der Waals surface area contributed by atoms with Crippen molar-refractivity contribution in [3.05, 3.63) is 75.0 Å². The number of hydrogen-bond acceptors (Lipinski definition) is 5. The number of benzene rings is 2. The van der Waals surface area contributed by atoms with E-state index in [0.29, 0.717) is 11.3 Å². The van der Waals surface area contributed by atoms with Gasteiger partial charge in [-0.2, -0.15) is 5.10 Å². The van der Waals surface area contributed by atoms with Gasteiger partial charge in [-0.15, -0.1) is 0 Å². The Morgan fingerprint density at radius 2 is 1.75 bits per heavy atom. The second-order valence-corrected chi connectivity index (χ2v) is 6.92. The first-order chi connectivity index (χ1) is 13.4. The van der Waals surface area contributed by atoms with Gasteiger partial charge in [0.1, 0.15) is 17.9 Å². The van der Waals surface area contributed by atoms with Crippen molar-refractivity contribution in [1.82, 2.24) is 9.78 Å². The van der Waals surface area contributed by atoms with Gasteiger partial charge in [0.25, 0.3) is 5.56 Å². The van der Waals surface area contributed by atoms with Crippen LogP contribution in [0.3, 0.4) is 0 Å². The summed E-state index contributed by atoms with van der Waals surface area (Å²) < 4.78 is 1.70. The molecule has 142 valence electrons. The second-order valence-electron chi connectivity index (χ2n) is 6.01. The first kappa shape index (κ1) is 19.5. The number of carboxylic acid groups (broad SMARTS) is 1. The van der Waals surface area contributed by atoms with Crippen molar-refractivity contribution in [3.63, 3.8) is 0 Å². The number of aromatic nitrogens is 2. The van der Waals surface area contributed by atoms with Crippen LogP contribution < -0.4 is 10.9 Å². The summed E-state index contributed by atoms with van der Waals surface area (Å²) in [5.41, 5.74) is 0.843. The molecular formula is C20H16BrN3O4. The first-order valence-corrected chi connectivity index (χ1v) is 9.12. The lowest BCUT2D eigenvalue weighted by Crippen LogP contribution is -2.31. The zero-order valence-electron chi connectivity index (χ0n) is 14.8. The van der Waals surface area contributed by atoms with Crippen LogP contribution in [0.25, 0.3) is 11.3 Å². The van der Waals surface area contributed by atoms with Crippen molar-refractivity contribution >= 4 is 39.1 Å². The molecule has 1 aromatic heterocycles. The average Bonchev–Trinajstić information content (AvgIpc) is 2.66. The Morgan fingerprint density at radius 3 is 2.32 bits per heavy atom. The van der Waals surface area contributed by atoms with Crippen molar-refractivity contribution in [3.8, 4) is 11.3 Å². The number of Topliss-reactive ketones (excluding diaryl/α,β-unsaturated/α-hetero) is 1. The lowest BCUT2D eigenvalue weighted by molar-refractivity contribution is -0.137. The van der Waals surface area contributed by atoms with Gasteiger partial charge in [0.05, 0.1) is 5.56 Å². The molecule has 0 saturated carbocycles. The SMILES string of the molecule is CC(=O)c1c(-c2ccccc2)nn(CC(=O)O)c(=O)c1Nc1ccc(Br)cc1. The molecule has 3 rings (SSSR count). The van der Waals surface area contributed by atoms with Gasteiger partial charge in [-0.25, -0.2) is 4.68 Å². The lowest BCUT2D eigenvalue weighted by atomic mass is 10.0. The van der Waals surface area contributed by atoms with Crippen molar-refractivity contribution < 1.29 is 14.7 Å². The summed E-state index contributed by atoms with van der Waals surface area (Å²) in [5.74, 6) is -1.57. The highest BCUT2D eigenvalue weighted by Crippen LogP contribution is 2.28. The van der Waals surface area contributed by atoms with E-state index in [9.17, 15) is 14.4 Å². The molecule has 28 heavy (non-hydrogen) atoms. The predicted octanol–water partition coefficient (Wildman–Crippen LogP) is 3.70. The van der Waals surface area contributed by atoms with E-state index in [-0.39, 0.29) is 22.7 Å². The number of rotatable bonds is 6. The van der Waals surface area contributed by atoms with Gasteiger partial charge in [-0.1, -0.05) is 46.3 Å². The van der Waals surface area contributed by atoms with E-state index in [1.54, 1.807) is 48.5 Å². The number of aliphatic carboxylic acids is 1. The summed E-state index contributed by atoms with van der Waals surface area (Å²) in [6, 6.07) is 15.9. The number of nitrogens with one attached hydrogen (secondary N) is 1. The normalized spacial score (nSPS) is 10.5. The van der Waals surface area contributed by atoms with Gasteiger partial charge in [-0.05, 0) is 31.2 Å². The number of carbonyl (C=O) groups is 2. The highest BCUT2D eigenvalue weighted by molar-refractivity contribution is 9.10.